The molecule has 0 saturated carbocycles. The van der Waals surface area contributed by atoms with Crippen molar-refractivity contribution in [2.24, 2.45) is 0 Å². The second-order valence-corrected chi connectivity index (χ2v) is 16.0. The Balaban J connectivity index is 0.000000112. The molecule has 0 amide bonds. The fourth-order valence-corrected chi connectivity index (χ4v) is 7.91. The Hall–Kier alpha value is -7.73. The zero-order valence-electron chi connectivity index (χ0n) is 33.4. The first-order chi connectivity index (χ1) is 30.9. The lowest BCUT2D eigenvalue weighted by Crippen LogP contribution is -1.93. The number of aromatic amines is 3. The number of hydrogen-bond acceptors (Lipinski definition) is 3. The molecule has 9 nitrogen and oxygen atoms in total. The highest BCUT2D eigenvalue weighted by Crippen LogP contribution is 2.31. The van der Waals surface area contributed by atoms with Crippen LogP contribution >= 0.6 is 27.5 Å². The van der Waals surface area contributed by atoms with Crippen molar-refractivity contribution >= 4 is 60.2 Å². The molecule has 6 aromatic carbocycles. The van der Waals surface area contributed by atoms with E-state index in [1.54, 1.807) is 16.8 Å². The molecular weight excluding hydrogens is 873 g/mol. The lowest BCUT2D eigenvalue weighted by atomic mass is 10.1. The van der Waals surface area contributed by atoms with Crippen LogP contribution in [0, 0.1) is 5.82 Å². The van der Waals surface area contributed by atoms with Crippen LogP contribution in [0.15, 0.2) is 206 Å². The summed E-state index contributed by atoms with van der Waals surface area (Å²) in [5, 5.41) is 17.6. The van der Waals surface area contributed by atoms with Crippen LogP contribution in [0.4, 0.5) is 4.39 Å². The molecule has 12 aromatic rings. The number of hydrogen-bond donors (Lipinski definition) is 3. The van der Waals surface area contributed by atoms with Crippen molar-refractivity contribution in [3.8, 4) is 50.4 Å². The van der Waals surface area contributed by atoms with Gasteiger partial charge in [0.2, 0.25) is 0 Å². The van der Waals surface area contributed by atoms with Crippen LogP contribution in [0.2, 0.25) is 5.02 Å². The van der Waals surface area contributed by atoms with Crippen LogP contribution in [0.3, 0.4) is 0 Å². The van der Waals surface area contributed by atoms with Gasteiger partial charge in [-0.3, -0.25) is 0 Å². The first kappa shape index (κ1) is 39.4. The molecule has 0 aliphatic carbocycles. The van der Waals surface area contributed by atoms with E-state index in [-0.39, 0.29) is 5.82 Å². The SMILES string of the molecule is Brc1ccc(-n2cc(-c3c[nH]c4ccccc34)cn2)cc1.Clc1ccc(-n2cc(-c3c[nH]c4ccccc34)cn2)cc1.Fc1ccc(-n2cc(-c3c[nH]c4ccccc34)cn2)cc1. The molecule has 12 rings (SSSR count). The topological polar surface area (TPSA) is 101 Å². The largest absolute Gasteiger partial charge is 0.361 e. The van der Waals surface area contributed by atoms with Gasteiger partial charge in [0.1, 0.15) is 5.82 Å². The van der Waals surface area contributed by atoms with E-state index in [9.17, 15) is 4.39 Å². The van der Waals surface area contributed by atoms with Crippen LogP contribution in [0.1, 0.15) is 0 Å². The van der Waals surface area contributed by atoms with Crippen LogP contribution in [-0.4, -0.2) is 44.3 Å². The molecule has 0 bridgehead atoms. The molecule has 3 N–H and O–H groups in total. The first-order valence-corrected chi connectivity index (χ1v) is 21.2. The fourth-order valence-electron chi connectivity index (χ4n) is 7.52. The Morgan fingerprint density at radius 1 is 0.429 bits per heavy atom. The van der Waals surface area contributed by atoms with Crippen molar-refractivity contribution < 1.29 is 4.39 Å². The number of fused-ring (bicyclic) bond motifs is 3. The summed E-state index contributed by atoms with van der Waals surface area (Å²) in [5.74, 6) is -0.247. The van der Waals surface area contributed by atoms with Crippen molar-refractivity contribution in [2.75, 3.05) is 0 Å². The Labute approximate surface area is 374 Å². The quantitative estimate of drug-likeness (QED) is 0.155. The third kappa shape index (κ3) is 8.35. The molecule has 306 valence electrons. The fraction of sp³-hybridized carbons (Fsp3) is 0. The molecule has 0 aliphatic heterocycles. The van der Waals surface area contributed by atoms with E-state index in [1.807, 2.05) is 144 Å². The summed E-state index contributed by atoms with van der Waals surface area (Å²) in [4.78, 5) is 9.85. The predicted molar refractivity (Wildman–Crippen MR) is 255 cm³/mol. The molecule has 0 fully saturated rings. The van der Waals surface area contributed by atoms with Gasteiger partial charge >= 0.3 is 0 Å². The molecule has 0 unspecified atom stereocenters. The maximum absolute atomic E-state index is 13.0. The lowest BCUT2D eigenvalue weighted by Gasteiger charge is -2.00. The Bertz CT molecular complexity index is 3080. The maximum atomic E-state index is 13.0. The van der Waals surface area contributed by atoms with E-state index in [2.05, 4.69) is 88.8 Å². The van der Waals surface area contributed by atoms with Gasteiger partial charge in [0, 0.05) is 113 Å². The molecule has 0 radical (unpaired) electrons. The van der Waals surface area contributed by atoms with E-state index < -0.39 is 0 Å². The molecule has 0 spiro atoms. The van der Waals surface area contributed by atoms with Crippen molar-refractivity contribution in [1.29, 1.82) is 0 Å². The smallest absolute Gasteiger partial charge is 0.123 e. The van der Waals surface area contributed by atoms with E-state index in [0.29, 0.717) is 0 Å². The third-order valence-corrected chi connectivity index (χ3v) is 11.5. The second-order valence-electron chi connectivity index (χ2n) is 14.7. The van der Waals surface area contributed by atoms with Gasteiger partial charge < -0.3 is 15.0 Å². The molecule has 0 aliphatic rings. The molecule has 12 heteroatoms. The third-order valence-electron chi connectivity index (χ3n) is 10.7. The van der Waals surface area contributed by atoms with Gasteiger partial charge in [-0.1, -0.05) is 82.1 Å². The first-order valence-electron chi connectivity index (χ1n) is 20.0. The van der Waals surface area contributed by atoms with Gasteiger partial charge in [-0.2, -0.15) is 15.3 Å². The maximum Gasteiger partial charge on any atom is 0.123 e. The van der Waals surface area contributed by atoms with Crippen LogP contribution in [-0.2, 0) is 0 Å². The summed E-state index contributed by atoms with van der Waals surface area (Å²) < 4.78 is 19.5. The number of benzene rings is 6. The van der Waals surface area contributed by atoms with E-state index >= 15 is 0 Å². The van der Waals surface area contributed by atoms with Crippen molar-refractivity contribution in [3.05, 3.63) is 217 Å². The highest BCUT2D eigenvalue weighted by molar-refractivity contribution is 9.10. The van der Waals surface area contributed by atoms with Crippen molar-refractivity contribution in [2.45, 2.75) is 0 Å². The molecule has 6 aromatic heterocycles. The van der Waals surface area contributed by atoms with Gasteiger partial charge in [-0.05, 0) is 91.0 Å². The normalized spacial score (nSPS) is 11.1. The molecule has 0 atom stereocenters. The minimum absolute atomic E-state index is 0.247. The zero-order chi connectivity index (χ0) is 42.7. The molecule has 63 heavy (non-hydrogen) atoms. The number of H-pyrrole nitrogens is 3. The van der Waals surface area contributed by atoms with Gasteiger partial charge in [-0.25, -0.2) is 18.4 Å². The van der Waals surface area contributed by atoms with Crippen LogP contribution < -0.4 is 0 Å². The number of halogens is 3. The van der Waals surface area contributed by atoms with E-state index in [4.69, 9.17) is 11.6 Å². The summed E-state index contributed by atoms with van der Waals surface area (Å²) in [6.45, 7) is 0. The number of para-hydroxylation sites is 3. The van der Waals surface area contributed by atoms with Crippen molar-refractivity contribution in [3.63, 3.8) is 0 Å². The van der Waals surface area contributed by atoms with E-state index in [0.717, 1.165) is 76.3 Å². The Morgan fingerprint density at radius 2 is 0.762 bits per heavy atom. The molecular formula is C51H36BrClFN9. The number of nitrogens with one attached hydrogen (secondary N) is 3. The number of nitrogens with zero attached hydrogens (tertiary/aromatic N) is 6. The van der Waals surface area contributed by atoms with Crippen molar-refractivity contribution in [1.82, 2.24) is 44.3 Å². The van der Waals surface area contributed by atoms with Gasteiger partial charge in [0.15, 0.2) is 0 Å². The average Bonchev–Trinajstić information content (AvgIpc) is 4.19. The zero-order valence-corrected chi connectivity index (χ0v) is 35.7. The average molecular weight is 909 g/mol. The summed E-state index contributed by atoms with van der Waals surface area (Å²) in [6.07, 6.45) is 17.7. The van der Waals surface area contributed by atoms with Crippen LogP contribution in [0.25, 0.3) is 83.2 Å². The minimum atomic E-state index is -0.247. The summed E-state index contributed by atoms with van der Waals surface area (Å²) in [7, 11) is 0. The summed E-state index contributed by atoms with van der Waals surface area (Å²) in [5.41, 5.74) is 12.9. The predicted octanol–water partition coefficient (Wildman–Crippen LogP) is 13.6. The highest BCUT2D eigenvalue weighted by Gasteiger charge is 2.11. The highest BCUT2D eigenvalue weighted by atomic mass is 79.9. The standard InChI is InChI=1S/C17H12BrN3.C17H12ClN3.C17H12FN3/c3*18-13-5-7-14(8-6-13)21-11-12(9-20-21)16-10-19-17-4-2-1-3-15(16)17/h3*1-11,19H. The molecule has 0 saturated heterocycles. The van der Waals surface area contributed by atoms with Gasteiger partial charge in [0.05, 0.1) is 35.7 Å². The van der Waals surface area contributed by atoms with Gasteiger partial charge in [-0.15, -0.1) is 0 Å². The monoisotopic (exact) mass is 907 g/mol. The van der Waals surface area contributed by atoms with Gasteiger partial charge in [0.25, 0.3) is 0 Å². The van der Waals surface area contributed by atoms with E-state index in [1.165, 1.54) is 28.5 Å². The number of aromatic nitrogens is 9. The Morgan fingerprint density at radius 3 is 1.14 bits per heavy atom. The Kier molecular flexibility index (Phi) is 10.8. The number of rotatable bonds is 6. The second kappa shape index (κ2) is 17.3. The molecule has 6 heterocycles. The van der Waals surface area contributed by atoms with Crippen LogP contribution in [0.5, 0.6) is 0 Å². The minimum Gasteiger partial charge on any atom is -0.361 e. The summed E-state index contributed by atoms with van der Waals surface area (Å²) >= 11 is 9.37. The lowest BCUT2D eigenvalue weighted by molar-refractivity contribution is 0.627. The summed E-state index contributed by atoms with van der Waals surface area (Å²) in [6, 6.07) is 46.7.